The molecular weight excluding hydrogens is 533 g/mol. The lowest BCUT2D eigenvalue weighted by molar-refractivity contribution is -0.689. The number of aliphatic carboxylic acids is 1. The Hall–Kier alpha value is -2.73. The van der Waals surface area contributed by atoms with Crippen molar-refractivity contribution in [3.8, 4) is 0 Å². The van der Waals surface area contributed by atoms with E-state index in [1.807, 2.05) is 0 Å². The number of nitrogens with zero attached hydrogens (tertiary/aromatic N) is 3. The van der Waals surface area contributed by atoms with Crippen molar-refractivity contribution >= 4 is 70.3 Å². The molecule has 2 atom stereocenters. The molecule has 4 rings (SSSR count). The third-order valence-corrected chi connectivity index (χ3v) is 8.22. The Bertz CT molecular complexity index is 1240. The topological polar surface area (TPSA) is 132 Å². The maximum atomic E-state index is 12.8. The first kappa shape index (κ1) is 25.4. The van der Waals surface area contributed by atoms with Crippen molar-refractivity contribution < 1.29 is 24.1 Å². The minimum Gasteiger partial charge on any atom is -0.543 e. The van der Waals surface area contributed by atoms with E-state index in [2.05, 4.69) is 10.3 Å². The minimum absolute atomic E-state index is 0.0239. The molecule has 13 heteroatoms. The predicted octanol–water partition coefficient (Wildman–Crippen LogP) is 1.01. The number of aromatic nitrogens is 2. The van der Waals surface area contributed by atoms with Crippen molar-refractivity contribution in [2.75, 3.05) is 17.2 Å². The Morgan fingerprint density at radius 1 is 1.37 bits per heavy atom. The molecule has 2 aromatic rings. The first-order valence-electron chi connectivity index (χ1n) is 10.3. The van der Waals surface area contributed by atoms with Crippen LogP contribution in [0.25, 0.3) is 0 Å². The number of carboxylic acids is 1. The van der Waals surface area contributed by atoms with E-state index in [0.717, 1.165) is 0 Å². The number of fused-ring (bicyclic) bond motifs is 1. The molecule has 1 saturated heterocycles. The summed E-state index contributed by atoms with van der Waals surface area (Å²) in [5, 5.41) is 15.0. The molecule has 0 radical (unpaired) electrons. The number of carboxylic acid groups (broad SMARTS) is 1. The van der Waals surface area contributed by atoms with E-state index in [0.29, 0.717) is 38.6 Å². The largest absolute Gasteiger partial charge is 0.543 e. The van der Waals surface area contributed by atoms with Crippen LogP contribution in [0, 0.1) is 0 Å². The molecule has 0 unspecified atom stereocenters. The molecule has 0 saturated carbocycles. The summed E-state index contributed by atoms with van der Waals surface area (Å²) in [4.78, 5) is 42.9. The first-order chi connectivity index (χ1) is 16.7. The van der Waals surface area contributed by atoms with E-state index in [4.69, 9.17) is 28.9 Å². The number of benzene rings is 1. The number of carbonyl (C=O) groups excluding carboxylic acids is 3. The molecule has 2 aliphatic rings. The monoisotopic (exact) mass is 551 g/mol. The highest BCUT2D eigenvalue weighted by atomic mass is 35.5. The SMILES string of the molecule is Nc1cc[n+](C/C=C/C2=C(C(=O)[O-])N3C(=O)[C@@H](NC(=O)CSc4cc(Cl)ccc4Cl)[C@H]3SC2)cn1. The smallest absolute Gasteiger partial charge is 0.289 e. The van der Waals surface area contributed by atoms with Gasteiger partial charge in [-0.25, -0.2) is 4.57 Å². The Balaban J connectivity index is 1.39. The molecule has 0 aliphatic carbocycles. The van der Waals surface area contributed by atoms with Gasteiger partial charge in [-0.15, -0.1) is 23.5 Å². The second-order valence-corrected chi connectivity index (χ2v) is 10.5. The number of hydrogen-bond acceptors (Lipinski definition) is 8. The van der Waals surface area contributed by atoms with Crippen molar-refractivity contribution in [1.29, 1.82) is 0 Å². The van der Waals surface area contributed by atoms with Gasteiger partial charge >= 0.3 is 0 Å². The average molecular weight is 552 g/mol. The number of nitrogens with one attached hydrogen (secondary N) is 1. The molecule has 2 aliphatic heterocycles. The molecule has 3 heterocycles. The van der Waals surface area contributed by atoms with Gasteiger partial charge in [0, 0.05) is 21.7 Å². The van der Waals surface area contributed by atoms with Gasteiger partial charge in [0.1, 0.15) is 18.0 Å². The highest BCUT2D eigenvalue weighted by Crippen LogP contribution is 2.40. The van der Waals surface area contributed by atoms with Crippen LogP contribution in [0.4, 0.5) is 5.82 Å². The second kappa shape index (κ2) is 10.9. The van der Waals surface area contributed by atoms with E-state index in [-0.39, 0.29) is 17.4 Å². The molecular formula is C22H19Cl2N5O4S2. The van der Waals surface area contributed by atoms with Crippen LogP contribution in [-0.2, 0) is 20.9 Å². The van der Waals surface area contributed by atoms with E-state index in [1.54, 1.807) is 53.5 Å². The molecule has 35 heavy (non-hydrogen) atoms. The molecule has 1 fully saturated rings. The van der Waals surface area contributed by atoms with Gasteiger partial charge in [-0.1, -0.05) is 29.3 Å². The van der Waals surface area contributed by atoms with Crippen molar-refractivity contribution in [3.05, 3.63) is 70.3 Å². The van der Waals surface area contributed by atoms with Gasteiger partial charge < -0.3 is 21.0 Å². The average Bonchev–Trinajstić information content (AvgIpc) is 2.83. The van der Waals surface area contributed by atoms with Crippen molar-refractivity contribution in [2.45, 2.75) is 22.9 Å². The van der Waals surface area contributed by atoms with Gasteiger partial charge in [0.2, 0.25) is 11.7 Å². The fourth-order valence-corrected chi connectivity index (χ4v) is 6.15. The summed E-state index contributed by atoms with van der Waals surface area (Å²) in [6, 6.07) is 5.77. The van der Waals surface area contributed by atoms with Gasteiger partial charge in [0.05, 0.1) is 28.6 Å². The van der Waals surface area contributed by atoms with Crippen LogP contribution in [0.3, 0.4) is 0 Å². The number of amides is 2. The Kier molecular flexibility index (Phi) is 7.90. The predicted molar refractivity (Wildman–Crippen MR) is 132 cm³/mol. The Morgan fingerprint density at radius 2 is 2.17 bits per heavy atom. The van der Waals surface area contributed by atoms with Crippen LogP contribution < -0.4 is 20.7 Å². The standard InChI is InChI=1S/C22H19Cl2N5O4S2/c23-13-3-4-14(24)15(8-13)34-10-17(30)27-18-20(31)29-19(22(32)33)12(9-35-21(18)29)2-1-6-28-7-5-16(25)26-11-28/h1-5,7-8,11,18,21,25H,6,9-10H2,(H2,27,30,32,33)/b2-1+/t18-,21-/m1/s1. The number of halogens is 2. The van der Waals surface area contributed by atoms with Crippen LogP contribution in [0.5, 0.6) is 0 Å². The van der Waals surface area contributed by atoms with Crippen LogP contribution >= 0.6 is 46.7 Å². The lowest BCUT2D eigenvalue weighted by Crippen LogP contribution is -2.71. The summed E-state index contributed by atoms with van der Waals surface area (Å²) in [6.45, 7) is 0.437. The summed E-state index contributed by atoms with van der Waals surface area (Å²) in [6.07, 6.45) is 6.72. The molecule has 0 spiro atoms. The molecule has 2 amide bonds. The summed E-state index contributed by atoms with van der Waals surface area (Å²) >= 11 is 14.7. The number of allylic oxidation sites excluding steroid dienone is 2. The third kappa shape index (κ3) is 5.75. The van der Waals surface area contributed by atoms with Gasteiger partial charge in [0.25, 0.3) is 12.2 Å². The number of nitrogens with two attached hydrogens (primary N) is 1. The van der Waals surface area contributed by atoms with Gasteiger partial charge in [0.15, 0.2) is 0 Å². The van der Waals surface area contributed by atoms with Crippen LogP contribution in [0.15, 0.2) is 65.1 Å². The van der Waals surface area contributed by atoms with Gasteiger partial charge in [-0.3, -0.25) is 14.5 Å². The number of nitrogen functional groups attached to an aromatic ring is 1. The zero-order valence-corrected chi connectivity index (χ0v) is 21.2. The molecule has 0 bridgehead atoms. The lowest BCUT2D eigenvalue weighted by atomic mass is 10.0. The maximum absolute atomic E-state index is 12.8. The minimum atomic E-state index is -1.44. The van der Waals surface area contributed by atoms with Crippen molar-refractivity contribution in [2.24, 2.45) is 0 Å². The Labute approximate surface area is 219 Å². The third-order valence-electron chi connectivity index (χ3n) is 5.19. The van der Waals surface area contributed by atoms with Crippen LogP contribution in [-0.4, -0.2) is 50.6 Å². The Morgan fingerprint density at radius 3 is 2.89 bits per heavy atom. The summed E-state index contributed by atoms with van der Waals surface area (Å²) in [5.74, 6) is -1.55. The summed E-state index contributed by atoms with van der Waals surface area (Å²) in [5.41, 5.74) is 5.85. The molecule has 3 N–H and O–H groups in total. The van der Waals surface area contributed by atoms with Gasteiger partial charge in [-0.2, -0.15) is 0 Å². The van der Waals surface area contributed by atoms with Crippen molar-refractivity contribution in [3.63, 3.8) is 0 Å². The zero-order valence-electron chi connectivity index (χ0n) is 18.0. The summed E-state index contributed by atoms with van der Waals surface area (Å²) < 4.78 is 1.76. The number of β-lactam (4-membered cyclic amide) rings is 1. The highest BCUT2D eigenvalue weighted by Gasteiger charge is 2.52. The van der Waals surface area contributed by atoms with Crippen molar-refractivity contribution in [1.82, 2.24) is 15.2 Å². The van der Waals surface area contributed by atoms with Gasteiger partial charge in [-0.05, 0) is 34.8 Å². The molecule has 1 aromatic heterocycles. The van der Waals surface area contributed by atoms with E-state index in [1.165, 1.54) is 28.4 Å². The fraction of sp³-hybridized carbons (Fsp3) is 0.227. The number of anilines is 1. The zero-order chi connectivity index (χ0) is 25.1. The number of rotatable bonds is 8. The van der Waals surface area contributed by atoms with Crippen LogP contribution in [0.2, 0.25) is 10.0 Å². The van der Waals surface area contributed by atoms with E-state index < -0.39 is 23.3 Å². The molecule has 1 aromatic carbocycles. The van der Waals surface area contributed by atoms with Crippen LogP contribution in [0.1, 0.15) is 0 Å². The molecule has 182 valence electrons. The second-order valence-electron chi connectivity index (χ2n) is 7.56. The normalized spacial score (nSPS) is 19.5. The molecule has 9 nitrogen and oxygen atoms in total. The maximum Gasteiger partial charge on any atom is 0.289 e. The number of carbonyl (C=O) groups is 3. The summed E-state index contributed by atoms with van der Waals surface area (Å²) in [7, 11) is 0. The quantitative estimate of drug-likeness (QED) is 0.282. The first-order valence-corrected chi connectivity index (χ1v) is 13.1. The highest BCUT2D eigenvalue weighted by molar-refractivity contribution is 8.00. The van der Waals surface area contributed by atoms with E-state index >= 15 is 0 Å². The lowest BCUT2D eigenvalue weighted by Gasteiger charge is -2.50. The number of hydrogen-bond donors (Lipinski definition) is 2. The van der Waals surface area contributed by atoms with E-state index in [9.17, 15) is 19.5 Å². The fourth-order valence-electron chi connectivity index (χ4n) is 3.53. The number of thioether (sulfide) groups is 2.